The molecule has 0 spiro atoms. The van der Waals surface area contributed by atoms with E-state index in [4.69, 9.17) is 0 Å². The number of aliphatic imine (C=N–C) groups is 1. The van der Waals surface area contributed by atoms with Crippen LogP contribution in [-0.2, 0) is 4.79 Å². The fourth-order valence-electron chi connectivity index (χ4n) is 0.901. The van der Waals surface area contributed by atoms with Gasteiger partial charge in [-0.2, -0.15) is 0 Å². The summed E-state index contributed by atoms with van der Waals surface area (Å²) in [6, 6.07) is 0. The third kappa shape index (κ3) is 1.40. The summed E-state index contributed by atoms with van der Waals surface area (Å²) in [4.78, 5) is 14.9. The van der Waals surface area contributed by atoms with Gasteiger partial charge in [-0.15, -0.1) is 0 Å². The van der Waals surface area contributed by atoms with Gasteiger partial charge in [0.05, 0.1) is 10.3 Å². The topological polar surface area (TPSA) is 29.4 Å². The second kappa shape index (κ2) is 2.74. The molecule has 1 aliphatic rings. The van der Waals surface area contributed by atoms with Crippen molar-refractivity contribution in [3.63, 3.8) is 0 Å². The van der Waals surface area contributed by atoms with E-state index in [1.54, 1.807) is 11.8 Å². The van der Waals surface area contributed by atoms with Crippen LogP contribution in [0.1, 0.15) is 20.8 Å². The molecule has 1 rings (SSSR count). The summed E-state index contributed by atoms with van der Waals surface area (Å²) in [6.07, 6.45) is 0. The average molecular weight is 157 g/mol. The monoisotopic (exact) mass is 157 g/mol. The number of amides is 1. The molecule has 0 aromatic carbocycles. The molecule has 2 nitrogen and oxygen atoms in total. The number of nitrogens with zero attached hydrogens (tertiary/aromatic N) is 1. The maximum Gasteiger partial charge on any atom is 0.260 e. The summed E-state index contributed by atoms with van der Waals surface area (Å²) in [6.45, 7) is 5.97. The van der Waals surface area contributed by atoms with Crippen molar-refractivity contribution in [1.82, 2.24) is 0 Å². The van der Waals surface area contributed by atoms with Gasteiger partial charge in [0.2, 0.25) is 0 Å². The zero-order chi connectivity index (χ0) is 7.72. The minimum Gasteiger partial charge on any atom is -0.271 e. The van der Waals surface area contributed by atoms with Crippen molar-refractivity contribution in [2.24, 2.45) is 10.9 Å². The predicted octanol–water partition coefficient (Wildman–Crippen LogP) is 1.70. The van der Waals surface area contributed by atoms with Gasteiger partial charge in [0.25, 0.3) is 5.91 Å². The first-order valence-corrected chi connectivity index (χ1v) is 4.25. The van der Waals surface area contributed by atoms with Crippen LogP contribution in [0.15, 0.2) is 4.99 Å². The molecular weight excluding hydrogens is 146 g/mol. The minimum atomic E-state index is 0.0394. The predicted molar refractivity (Wildman–Crippen MR) is 44.3 cm³/mol. The van der Waals surface area contributed by atoms with Gasteiger partial charge in [-0.25, -0.2) is 4.99 Å². The molecule has 10 heavy (non-hydrogen) atoms. The fourth-order valence-corrected chi connectivity index (χ4v) is 1.84. The number of hydrogen-bond acceptors (Lipinski definition) is 2. The average Bonchev–Trinajstić information content (AvgIpc) is 2.10. The Morgan fingerprint density at radius 3 is 2.40 bits per heavy atom. The molecule has 0 fully saturated rings. The lowest BCUT2D eigenvalue weighted by Crippen LogP contribution is -2.17. The highest BCUT2D eigenvalue weighted by molar-refractivity contribution is 8.15. The Labute approximate surface area is 65.1 Å². The van der Waals surface area contributed by atoms with Crippen molar-refractivity contribution in [3.8, 4) is 0 Å². The van der Waals surface area contributed by atoms with E-state index >= 15 is 0 Å². The molecule has 1 amide bonds. The molecule has 3 heteroatoms. The molecule has 56 valence electrons. The second-order valence-corrected chi connectivity index (χ2v) is 4.09. The van der Waals surface area contributed by atoms with Crippen molar-refractivity contribution in [2.45, 2.75) is 26.0 Å². The molecule has 0 aliphatic carbocycles. The summed E-state index contributed by atoms with van der Waals surface area (Å²) in [5, 5.41) is 0.990. The van der Waals surface area contributed by atoms with Gasteiger partial charge in [0, 0.05) is 0 Å². The van der Waals surface area contributed by atoms with Crippen LogP contribution in [-0.4, -0.2) is 16.2 Å². The van der Waals surface area contributed by atoms with Gasteiger partial charge in [0.15, 0.2) is 0 Å². The lowest BCUT2D eigenvalue weighted by Gasteiger charge is -2.08. The second-order valence-electron chi connectivity index (χ2n) is 2.75. The first-order chi connectivity index (χ1) is 4.61. The molecule has 0 N–H and O–H groups in total. The lowest BCUT2D eigenvalue weighted by molar-refractivity contribution is -0.117. The fraction of sp³-hybridized carbons (Fsp3) is 0.714. The quantitative estimate of drug-likeness (QED) is 0.579. The minimum absolute atomic E-state index is 0.0394. The Balaban J connectivity index is 2.64. The molecule has 0 aromatic rings. The van der Waals surface area contributed by atoms with E-state index in [1.165, 1.54) is 0 Å². The Morgan fingerprint density at radius 2 is 2.20 bits per heavy atom. The van der Waals surface area contributed by atoms with Crippen LogP contribution >= 0.6 is 11.8 Å². The molecule has 1 aliphatic heterocycles. The van der Waals surface area contributed by atoms with Gasteiger partial charge in [-0.1, -0.05) is 25.6 Å². The summed E-state index contributed by atoms with van der Waals surface area (Å²) in [5.41, 5.74) is 0. The van der Waals surface area contributed by atoms with E-state index in [9.17, 15) is 4.79 Å². The molecule has 0 aromatic heterocycles. The van der Waals surface area contributed by atoms with Gasteiger partial charge in [-0.05, 0) is 12.8 Å². The van der Waals surface area contributed by atoms with Crippen LogP contribution in [0.5, 0.6) is 0 Å². The van der Waals surface area contributed by atoms with Gasteiger partial charge < -0.3 is 0 Å². The largest absolute Gasteiger partial charge is 0.271 e. The lowest BCUT2D eigenvalue weighted by atomic mass is 10.1. The maximum atomic E-state index is 11.0. The van der Waals surface area contributed by atoms with Crippen LogP contribution in [0.25, 0.3) is 0 Å². The van der Waals surface area contributed by atoms with Crippen LogP contribution in [0.4, 0.5) is 0 Å². The third-order valence-electron chi connectivity index (χ3n) is 1.41. The molecule has 0 unspecified atom stereocenters. The summed E-state index contributed by atoms with van der Waals surface area (Å²) >= 11 is 1.58. The van der Waals surface area contributed by atoms with Crippen LogP contribution < -0.4 is 0 Å². The Bertz CT molecular complexity index is 186. The highest BCUT2D eigenvalue weighted by Gasteiger charge is 2.28. The smallest absolute Gasteiger partial charge is 0.260 e. The standard InChI is InChI=1S/C7H11NOS/c1-4(2)6-7(9)8-5(3)10-6/h4,6H,1-3H3/t6-/m0/s1. The molecule has 0 saturated heterocycles. The molecule has 0 bridgehead atoms. The number of rotatable bonds is 1. The van der Waals surface area contributed by atoms with Gasteiger partial charge >= 0.3 is 0 Å². The number of carbonyl (C=O) groups excluding carboxylic acids is 1. The van der Waals surface area contributed by atoms with Gasteiger partial charge in [0.1, 0.15) is 0 Å². The normalized spacial score (nSPS) is 25.8. The Hall–Kier alpha value is -0.310. The molecular formula is C7H11NOS. The van der Waals surface area contributed by atoms with E-state index in [-0.39, 0.29) is 11.2 Å². The SMILES string of the molecule is CC1=NC(=O)[C@H](C(C)C)S1. The Morgan fingerprint density at radius 1 is 1.60 bits per heavy atom. The zero-order valence-electron chi connectivity index (χ0n) is 6.42. The first-order valence-electron chi connectivity index (χ1n) is 3.37. The van der Waals surface area contributed by atoms with E-state index in [1.807, 2.05) is 20.8 Å². The van der Waals surface area contributed by atoms with Gasteiger partial charge in [-0.3, -0.25) is 4.79 Å². The highest BCUT2D eigenvalue weighted by atomic mass is 32.2. The van der Waals surface area contributed by atoms with Crippen LogP contribution in [0.2, 0.25) is 0 Å². The van der Waals surface area contributed by atoms with Crippen molar-refractivity contribution in [2.75, 3.05) is 0 Å². The highest BCUT2D eigenvalue weighted by Crippen LogP contribution is 2.27. The van der Waals surface area contributed by atoms with Crippen molar-refractivity contribution in [3.05, 3.63) is 0 Å². The molecule has 1 heterocycles. The number of thioether (sulfide) groups is 1. The first kappa shape index (κ1) is 7.79. The summed E-state index contributed by atoms with van der Waals surface area (Å²) < 4.78 is 0. The molecule has 0 radical (unpaired) electrons. The van der Waals surface area contributed by atoms with E-state index in [0.717, 1.165) is 5.04 Å². The third-order valence-corrected chi connectivity index (χ3v) is 2.85. The van der Waals surface area contributed by atoms with Crippen LogP contribution in [0.3, 0.4) is 0 Å². The number of hydrogen-bond donors (Lipinski definition) is 0. The molecule has 0 saturated carbocycles. The summed E-state index contributed by atoms with van der Waals surface area (Å²) in [7, 11) is 0. The van der Waals surface area contributed by atoms with Crippen molar-refractivity contribution < 1.29 is 4.79 Å². The number of carbonyl (C=O) groups is 1. The van der Waals surface area contributed by atoms with Crippen LogP contribution in [0, 0.1) is 5.92 Å². The zero-order valence-corrected chi connectivity index (χ0v) is 7.23. The van der Waals surface area contributed by atoms with E-state index in [0.29, 0.717) is 5.92 Å². The van der Waals surface area contributed by atoms with E-state index < -0.39 is 0 Å². The van der Waals surface area contributed by atoms with Crippen molar-refractivity contribution in [1.29, 1.82) is 0 Å². The Kier molecular flexibility index (Phi) is 2.14. The summed E-state index contributed by atoms with van der Waals surface area (Å²) in [5.74, 6) is 0.441. The molecule has 1 atom stereocenters. The van der Waals surface area contributed by atoms with Crippen molar-refractivity contribution >= 4 is 22.7 Å². The van der Waals surface area contributed by atoms with E-state index in [2.05, 4.69) is 4.99 Å². The maximum absolute atomic E-state index is 11.0.